The van der Waals surface area contributed by atoms with Gasteiger partial charge in [-0.1, -0.05) is 55.0 Å². The second-order valence-electron chi connectivity index (χ2n) is 6.84. The number of aromatic nitrogens is 2. The van der Waals surface area contributed by atoms with E-state index in [4.69, 9.17) is 4.74 Å². The van der Waals surface area contributed by atoms with E-state index in [2.05, 4.69) is 10.4 Å². The van der Waals surface area contributed by atoms with Crippen LogP contribution in [0.15, 0.2) is 53.3 Å². The van der Waals surface area contributed by atoms with Gasteiger partial charge in [0.05, 0.1) is 11.4 Å². The van der Waals surface area contributed by atoms with Crippen LogP contribution >= 0.6 is 0 Å². The van der Waals surface area contributed by atoms with Crippen LogP contribution in [0.3, 0.4) is 0 Å². The number of amides is 1. The third kappa shape index (κ3) is 4.51. The van der Waals surface area contributed by atoms with Crippen LogP contribution in [-0.2, 0) is 16.6 Å². The smallest absolute Gasteiger partial charge is 0.359 e. The molecule has 1 amide bonds. The van der Waals surface area contributed by atoms with Gasteiger partial charge in [-0.15, -0.1) is 0 Å². The Hall–Kier alpha value is -3.48. The van der Waals surface area contributed by atoms with Gasteiger partial charge < -0.3 is 10.1 Å². The first-order valence-electron chi connectivity index (χ1n) is 9.39. The molecule has 0 bridgehead atoms. The van der Waals surface area contributed by atoms with Crippen molar-refractivity contribution in [2.75, 3.05) is 6.61 Å². The Bertz CT molecular complexity index is 1100. The van der Waals surface area contributed by atoms with Crippen molar-refractivity contribution < 1.29 is 14.3 Å². The maximum Gasteiger partial charge on any atom is 0.359 e. The maximum atomic E-state index is 12.5. The number of fused-ring (bicyclic) bond motifs is 1. The zero-order valence-electron chi connectivity index (χ0n) is 16.6. The van der Waals surface area contributed by atoms with Crippen LogP contribution in [0.5, 0.6) is 0 Å². The number of aryl methyl sites for hydroxylation is 2. The average Bonchev–Trinajstić information content (AvgIpc) is 2.73. The number of nitrogens with one attached hydrogen (secondary N) is 1. The minimum absolute atomic E-state index is 0.000996. The van der Waals surface area contributed by atoms with E-state index in [0.29, 0.717) is 17.2 Å². The molecule has 2 aromatic carbocycles. The molecule has 0 fully saturated rings. The van der Waals surface area contributed by atoms with Crippen molar-refractivity contribution in [3.8, 4) is 0 Å². The number of carbonyl (C=O) groups excluding carboxylic acids is 2. The van der Waals surface area contributed by atoms with Crippen molar-refractivity contribution in [1.29, 1.82) is 0 Å². The number of nitrogens with zero attached hydrogens (tertiary/aromatic N) is 2. The summed E-state index contributed by atoms with van der Waals surface area (Å²) in [5.74, 6) is -1.16. The average molecular weight is 393 g/mol. The van der Waals surface area contributed by atoms with Crippen molar-refractivity contribution in [3.05, 3.63) is 75.7 Å². The van der Waals surface area contributed by atoms with Gasteiger partial charge in [0.15, 0.2) is 12.3 Å². The van der Waals surface area contributed by atoms with E-state index in [1.807, 2.05) is 38.1 Å². The molecule has 0 radical (unpaired) electrons. The zero-order valence-corrected chi connectivity index (χ0v) is 16.6. The van der Waals surface area contributed by atoms with E-state index in [-0.39, 0.29) is 17.3 Å². The lowest BCUT2D eigenvalue weighted by atomic mass is 10.0. The van der Waals surface area contributed by atoms with Gasteiger partial charge in [0.1, 0.15) is 0 Å². The largest absolute Gasteiger partial charge is 0.451 e. The third-order valence-corrected chi connectivity index (χ3v) is 4.71. The molecule has 1 atom stereocenters. The summed E-state index contributed by atoms with van der Waals surface area (Å²) in [5, 5.41) is 7.65. The van der Waals surface area contributed by atoms with Gasteiger partial charge in [0, 0.05) is 12.4 Å². The van der Waals surface area contributed by atoms with Crippen LogP contribution in [0.2, 0.25) is 0 Å². The Balaban J connectivity index is 1.70. The van der Waals surface area contributed by atoms with Gasteiger partial charge in [-0.3, -0.25) is 9.59 Å². The normalized spacial score (nSPS) is 11.8. The summed E-state index contributed by atoms with van der Waals surface area (Å²) in [7, 11) is 1.46. The standard InChI is InChI=1S/C22H23N3O4/c1-4-18(15-11-9-14(2)10-12-15)23-19(26)13-29-22(28)20-16-7-5-6-8-17(16)21(27)25(3)24-20/h5-12,18H,4,13H2,1-3H3,(H,23,26)/t18-/m1/s1. The number of benzene rings is 2. The Kier molecular flexibility index (Phi) is 6.07. The molecular weight excluding hydrogens is 370 g/mol. The molecule has 3 aromatic rings. The Labute approximate surface area is 168 Å². The summed E-state index contributed by atoms with van der Waals surface area (Å²) in [6, 6.07) is 14.4. The topological polar surface area (TPSA) is 90.3 Å². The van der Waals surface area contributed by atoms with Crippen LogP contribution in [0.1, 0.15) is 41.0 Å². The molecule has 0 saturated carbocycles. The van der Waals surface area contributed by atoms with Gasteiger partial charge in [-0.05, 0) is 25.0 Å². The van der Waals surface area contributed by atoms with E-state index in [9.17, 15) is 14.4 Å². The van der Waals surface area contributed by atoms with Gasteiger partial charge in [0.2, 0.25) is 0 Å². The lowest BCUT2D eigenvalue weighted by Gasteiger charge is -2.17. The molecule has 3 rings (SSSR count). The van der Waals surface area contributed by atoms with Gasteiger partial charge in [-0.25, -0.2) is 9.48 Å². The first-order chi connectivity index (χ1) is 13.9. The number of ether oxygens (including phenoxy) is 1. The Morgan fingerprint density at radius 1 is 1.10 bits per heavy atom. The molecule has 0 spiro atoms. The molecule has 29 heavy (non-hydrogen) atoms. The molecule has 0 aliphatic heterocycles. The van der Waals surface area contributed by atoms with E-state index in [1.165, 1.54) is 7.05 Å². The Morgan fingerprint density at radius 2 is 1.76 bits per heavy atom. The quantitative estimate of drug-likeness (QED) is 0.650. The number of hydrogen-bond donors (Lipinski definition) is 1. The molecule has 7 heteroatoms. The van der Waals surface area contributed by atoms with Crippen LogP contribution in [-0.4, -0.2) is 28.3 Å². The number of hydrogen-bond acceptors (Lipinski definition) is 5. The highest BCUT2D eigenvalue weighted by Gasteiger charge is 2.19. The second kappa shape index (κ2) is 8.68. The van der Waals surface area contributed by atoms with Crippen LogP contribution in [0.4, 0.5) is 0 Å². The van der Waals surface area contributed by atoms with Gasteiger partial charge in [0.25, 0.3) is 11.5 Å². The minimum Gasteiger partial charge on any atom is -0.451 e. The second-order valence-corrected chi connectivity index (χ2v) is 6.84. The zero-order chi connectivity index (χ0) is 21.0. The molecule has 0 saturated heterocycles. The highest BCUT2D eigenvalue weighted by atomic mass is 16.5. The fraction of sp³-hybridized carbons (Fsp3) is 0.273. The summed E-state index contributed by atoms with van der Waals surface area (Å²) in [6.45, 7) is 3.54. The maximum absolute atomic E-state index is 12.5. The predicted octanol–water partition coefficient (Wildman–Crippen LogP) is 2.67. The SMILES string of the molecule is CC[C@@H](NC(=O)COC(=O)c1nn(C)c(=O)c2ccccc12)c1ccc(C)cc1. The van der Waals surface area contributed by atoms with Crippen LogP contribution in [0, 0.1) is 6.92 Å². The van der Waals surface area contributed by atoms with Crippen LogP contribution < -0.4 is 10.9 Å². The predicted molar refractivity (Wildman–Crippen MR) is 110 cm³/mol. The fourth-order valence-electron chi connectivity index (χ4n) is 3.11. The van der Waals surface area contributed by atoms with E-state index in [1.54, 1.807) is 24.3 Å². The molecule has 0 aliphatic carbocycles. The van der Waals surface area contributed by atoms with Crippen molar-refractivity contribution in [3.63, 3.8) is 0 Å². The lowest BCUT2D eigenvalue weighted by Crippen LogP contribution is -2.32. The minimum atomic E-state index is -0.754. The molecule has 1 aromatic heterocycles. The highest BCUT2D eigenvalue weighted by molar-refractivity contribution is 6.02. The third-order valence-electron chi connectivity index (χ3n) is 4.71. The highest BCUT2D eigenvalue weighted by Crippen LogP contribution is 2.17. The first-order valence-corrected chi connectivity index (χ1v) is 9.39. The number of rotatable bonds is 6. The summed E-state index contributed by atoms with van der Waals surface area (Å²) in [5.41, 5.74) is 1.82. The van der Waals surface area contributed by atoms with E-state index >= 15 is 0 Å². The number of carbonyl (C=O) groups is 2. The van der Waals surface area contributed by atoms with E-state index in [0.717, 1.165) is 15.8 Å². The molecule has 1 N–H and O–H groups in total. The first kappa shape index (κ1) is 20.3. The van der Waals surface area contributed by atoms with Gasteiger partial charge >= 0.3 is 5.97 Å². The summed E-state index contributed by atoms with van der Waals surface area (Å²) < 4.78 is 6.25. The van der Waals surface area contributed by atoms with Crippen LogP contribution in [0.25, 0.3) is 10.8 Å². The summed E-state index contributed by atoms with van der Waals surface area (Å²) in [4.78, 5) is 37.0. The Morgan fingerprint density at radius 3 is 2.41 bits per heavy atom. The monoisotopic (exact) mass is 393 g/mol. The van der Waals surface area contributed by atoms with E-state index < -0.39 is 18.5 Å². The molecule has 7 nitrogen and oxygen atoms in total. The van der Waals surface area contributed by atoms with Crippen molar-refractivity contribution in [1.82, 2.24) is 15.1 Å². The molecule has 150 valence electrons. The molecular formula is C22H23N3O4. The molecule has 1 heterocycles. The van der Waals surface area contributed by atoms with Crippen molar-refractivity contribution in [2.24, 2.45) is 7.05 Å². The lowest BCUT2D eigenvalue weighted by molar-refractivity contribution is -0.125. The summed E-state index contributed by atoms with van der Waals surface area (Å²) in [6.07, 6.45) is 0.704. The van der Waals surface area contributed by atoms with Gasteiger partial charge in [-0.2, -0.15) is 5.10 Å². The molecule has 0 unspecified atom stereocenters. The van der Waals surface area contributed by atoms with Crippen molar-refractivity contribution in [2.45, 2.75) is 26.3 Å². The summed E-state index contributed by atoms with van der Waals surface area (Å²) >= 11 is 0. The van der Waals surface area contributed by atoms with Crippen molar-refractivity contribution >= 4 is 22.6 Å². The fourth-order valence-corrected chi connectivity index (χ4v) is 3.11. The number of esters is 1. The molecule has 0 aliphatic rings.